The molecule has 1 aromatic heterocycles. The van der Waals surface area contributed by atoms with Gasteiger partial charge in [0.2, 0.25) is 5.91 Å². The molecule has 0 radical (unpaired) electrons. The number of aromatic nitrogens is 2. The van der Waals surface area contributed by atoms with E-state index in [1.165, 1.54) is 10.7 Å². The molecule has 1 aromatic carbocycles. The number of nitrogens with zero attached hydrogens (tertiary/aromatic N) is 2. The van der Waals surface area contributed by atoms with E-state index in [1.807, 2.05) is 32.0 Å². The van der Waals surface area contributed by atoms with Gasteiger partial charge in [0.05, 0.1) is 11.8 Å². The fraction of sp³-hybridized carbons (Fsp3) is 0.421. The van der Waals surface area contributed by atoms with Gasteiger partial charge in [-0.2, -0.15) is 5.10 Å². The Balaban J connectivity index is 1.74. The van der Waals surface area contributed by atoms with Gasteiger partial charge in [0, 0.05) is 24.8 Å². The van der Waals surface area contributed by atoms with E-state index in [2.05, 4.69) is 10.4 Å². The number of nitrogens with one attached hydrogen (secondary N) is 1. The van der Waals surface area contributed by atoms with E-state index in [-0.39, 0.29) is 24.1 Å². The van der Waals surface area contributed by atoms with Crippen LogP contribution < -0.4 is 10.9 Å². The van der Waals surface area contributed by atoms with E-state index in [1.54, 1.807) is 6.07 Å². The Bertz CT molecular complexity index is 823. The first kappa shape index (κ1) is 17.4. The summed E-state index contributed by atoms with van der Waals surface area (Å²) >= 11 is 0. The smallest absolute Gasteiger partial charge is 0.267 e. The molecule has 132 valence electrons. The van der Waals surface area contributed by atoms with Crippen molar-refractivity contribution in [2.24, 2.45) is 0 Å². The van der Waals surface area contributed by atoms with Crippen molar-refractivity contribution in [2.75, 3.05) is 13.2 Å². The molecule has 0 aliphatic carbocycles. The zero-order chi connectivity index (χ0) is 17.8. The van der Waals surface area contributed by atoms with E-state index in [0.717, 1.165) is 36.1 Å². The summed E-state index contributed by atoms with van der Waals surface area (Å²) in [4.78, 5) is 24.2. The molecule has 0 bridgehead atoms. The third-order valence-electron chi connectivity index (χ3n) is 4.38. The molecule has 0 saturated carbocycles. The summed E-state index contributed by atoms with van der Waals surface area (Å²) in [6.07, 6.45) is 2.06. The normalized spacial score (nSPS) is 16.8. The van der Waals surface area contributed by atoms with Crippen LogP contribution in [0.2, 0.25) is 0 Å². The Morgan fingerprint density at radius 1 is 1.32 bits per heavy atom. The van der Waals surface area contributed by atoms with Crippen molar-refractivity contribution < 1.29 is 9.53 Å². The van der Waals surface area contributed by atoms with E-state index in [4.69, 9.17) is 4.74 Å². The lowest BCUT2D eigenvalue weighted by atomic mass is 10.0. The number of ether oxygens (including phenoxy) is 1. The van der Waals surface area contributed by atoms with Gasteiger partial charge in [-0.15, -0.1) is 0 Å². The summed E-state index contributed by atoms with van der Waals surface area (Å²) in [5.74, 6) is -0.233. The maximum Gasteiger partial charge on any atom is 0.267 e. The molecule has 1 atom stereocenters. The van der Waals surface area contributed by atoms with Gasteiger partial charge in [-0.1, -0.05) is 17.7 Å². The van der Waals surface area contributed by atoms with Crippen molar-refractivity contribution in [3.05, 3.63) is 51.8 Å². The van der Waals surface area contributed by atoms with Gasteiger partial charge in [-0.25, -0.2) is 4.68 Å². The van der Waals surface area contributed by atoms with Crippen LogP contribution in [-0.2, 0) is 16.1 Å². The highest BCUT2D eigenvalue weighted by molar-refractivity contribution is 5.75. The summed E-state index contributed by atoms with van der Waals surface area (Å²) < 4.78 is 6.69. The third kappa shape index (κ3) is 4.33. The Morgan fingerprint density at radius 3 is 2.92 bits per heavy atom. The van der Waals surface area contributed by atoms with Crippen LogP contribution in [0, 0.1) is 13.8 Å². The summed E-state index contributed by atoms with van der Waals surface area (Å²) in [5.41, 5.74) is 3.56. The molecular weight excluding hydrogens is 318 g/mol. The standard InChI is InChI=1S/C19H23N3O3/c1-13-5-6-14(2)16(10-13)17-7-8-19(24)22(21-17)12-18(23)20-11-15-4-3-9-25-15/h5-8,10,15H,3-4,9,11-12H2,1-2H3,(H,20,23)/t15-/m0/s1. The number of hydrogen-bond acceptors (Lipinski definition) is 4. The van der Waals surface area contributed by atoms with E-state index in [9.17, 15) is 9.59 Å². The lowest BCUT2D eigenvalue weighted by Crippen LogP contribution is -2.37. The van der Waals surface area contributed by atoms with Crippen LogP contribution in [0.5, 0.6) is 0 Å². The lowest BCUT2D eigenvalue weighted by Gasteiger charge is -2.12. The molecule has 1 aliphatic heterocycles. The van der Waals surface area contributed by atoms with Gasteiger partial charge in [0.25, 0.3) is 5.56 Å². The number of carbonyl (C=O) groups excluding carboxylic acids is 1. The Kier molecular flexibility index (Phi) is 5.28. The largest absolute Gasteiger partial charge is 0.376 e. The van der Waals surface area contributed by atoms with E-state index >= 15 is 0 Å². The Morgan fingerprint density at radius 2 is 2.16 bits per heavy atom. The Labute approximate surface area is 146 Å². The molecule has 3 rings (SSSR count). The minimum absolute atomic E-state index is 0.0786. The molecule has 6 nitrogen and oxygen atoms in total. The number of aryl methyl sites for hydroxylation is 2. The van der Waals surface area contributed by atoms with Crippen LogP contribution in [0.1, 0.15) is 24.0 Å². The molecule has 1 saturated heterocycles. The first-order valence-corrected chi connectivity index (χ1v) is 8.57. The minimum atomic E-state index is -0.290. The first-order chi connectivity index (χ1) is 12.0. The molecule has 1 aliphatic rings. The molecule has 25 heavy (non-hydrogen) atoms. The highest BCUT2D eigenvalue weighted by atomic mass is 16.5. The number of benzene rings is 1. The second-order valence-electron chi connectivity index (χ2n) is 6.47. The lowest BCUT2D eigenvalue weighted by molar-refractivity contribution is -0.122. The molecule has 6 heteroatoms. The van der Waals surface area contributed by atoms with Crippen molar-refractivity contribution in [1.82, 2.24) is 15.1 Å². The van der Waals surface area contributed by atoms with Crippen molar-refractivity contribution in [3.8, 4) is 11.3 Å². The Hall–Kier alpha value is -2.47. The van der Waals surface area contributed by atoms with E-state index in [0.29, 0.717) is 12.2 Å². The number of carbonyl (C=O) groups is 1. The van der Waals surface area contributed by atoms with Crippen molar-refractivity contribution in [1.29, 1.82) is 0 Å². The van der Waals surface area contributed by atoms with Crippen molar-refractivity contribution in [2.45, 2.75) is 39.3 Å². The highest BCUT2D eigenvalue weighted by Crippen LogP contribution is 2.21. The van der Waals surface area contributed by atoms with Gasteiger partial charge in [-0.3, -0.25) is 9.59 Å². The van der Waals surface area contributed by atoms with Gasteiger partial charge in [0.15, 0.2) is 0 Å². The van der Waals surface area contributed by atoms with Crippen LogP contribution >= 0.6 is 0 Å². The molecule has 2 heterocycles. The van der Waals surface area contributed by atoms with Gasteiger partial charge >= 0.3 is 0 Å². The zero-order valence-electron chi connectivity index (χ0n) is 14.6. The first-order valence-electron chi connectivity index (χ1n) is 8.57. The molecule has 1 amide bonds. The monoisotopic (exact) mass is 341 g/mol. The average molecular weight is 341 g/mol. The molecule has 0 spiro atoms. The average Bonchev–Trinajstić information content (AvgIpc) is 3.11. The fourth-order valence-electron chi connectivity index (χ4n) is 2.94. The SMILES string of the molecule is Cc1ccc(C)c(-c2ccc(=O)n(CC(=O)NC[C@@H]3CCCO3)n2)c1. The van der Waals surface area contributed by atoms with Crippen LogP contribution in [0.4, 0.5) is 0 Å². The predicted octanol–water partition coefficient (Wildman–Crippen LogP) is 1.82. The number of rotatable bonds is 5. The quantitative estimate of drug-likeness (QED) is 0.900. The van der Waals surface area contributed by atoms with Crippen LogP contribution in [-0.4, -0.2) is 34.9 Å². The molecular formula is C19H23N3O3. The molecule has 1 fully saturated rings. The zero-order valence-corrected chi connectivity index (χ0v) is 14.6. The second kappa shape index (κ2) is 7.61. The third-order valence-corrected chi connectivity index (χ3v) is 4.38. The minimum Gasteiger partial charge on any atom is -0.376 e. The summed E-state index contributed by atoms with van der Waals surface area (Å²) in [5, 5.41) is 7.19. The maximum absolute atomic E-state index is 12.1. The molecule has 1 N–H and O–H groups in total. The number of amides is 1. The maximum atomic E-state index is 12.1. The second-order valence-corrected chi connectivity index (χ2v) is 6.47. The topological polar surface area (TPSA) is 73.2 Å². The summed E-state index contributed by atoms with van der Waals surface area (Å²) in [6.45, 7) is 5.14. The number of hydrogen-bond donors (Lipinski definition) is 1. The van der Waals surface area contributed by atoms with Crippen LogP contribution in [0.3, 0.4) is 0 Å². The summed E-state index contributed by atoms with van der Waals surface area (Å²) in [7, 11) is 0. The van der Waals surface area contributed by atoms with Gasteiger partial charge < -0.3 is 10.1 Å². The van der Waals surface area contributed by atoms with Gasteiger partial charge in [-0.05, 0) is 44.4 Å². The van der Waals surface area contributed by atoms with Crippen molar-refractivity contribution >= 4 is 5.91 Å². The molecule has 0 unspecified atom stereocenters. The fourth-order valence-corrected chi connectivity index (χ4v) is 2.94. The van der Waals surface area contributed by atoms with Crippen molar-refractivity contribution in [3.63, 3.8) is 0 Å². The van der Waals surface area contributed by atoms with Gasteiger partial charge in [0.1, 0.15) is 6.54 Å². The highest BCUT2D eigenvalue weighted by Gasteiger charge is 2.16. The summed E-state index contributed by atoms with van der Waals surface area (Å²) in [6, 6.07) is 9.25. The predicted molar refractivity (Wildman–Crippen MR) is 95.4 cm³/mol. The van der Waals surface area contributed by atoms with Crippen LogP contribution in [0.25, 0.3) is 11.3 Å². The van der Waals surface area contributed by atoms with E-state index < -0.39 is 0 Å². The van der Waals surface area contributed by atoms with Crippen LogP contribution in [0.15, 0.2) is 35.1 Å². The molecule has 2 aromatic rings.